The Labute approximate surface area is 139 Å². The van der Waals surface area contributed by atoms with Crippen LogP contribution >= 0.6 is 0 Å². The van der Waals surface area contributed by atoms with E-state index in [1.165, 1.54) is 7.11 Å². The molecule has 0 unspecified atom stereocenters. The van der Waals surface area contributed by atoms with Gasteiger partial charge in [-0.15, -0.1) is 0 Å². The van der Waals surface area contributed by atoms with E-state index in [2.05, 4.69) is 0 Å². The van der Waals surface area contributed by atoms with Crippen LogP contribution < -0.4 is 19.8 Å². The second-order valence-electron chi connectivity index (χ2n) is 5.40. The van der Waals surface area contributed by atoms with E-state index < -0.39 is 5.63 Å². The topological polar surface area (TPSA) is 57.9 Å². The summed E-state index contributed by atoms with van der Waals surface area (Å²) >= 11 is 0. The van der Waals surface area contributed by atoms with Crippen molar-refractivity contribution in [2.24, 2.45) is 0 Å². The van der Waals surface area contributed by atoms with E-state index >= 15 is 0 Å². The Morgan fingerprint density at radius 2 is 1.62 bits per heavy atom. The van der Waals surface area contributed by atoms with Crippen LogP contribution in [0.25, 0.3) is 22.1 Å². The molecule has 24 heavy (non-hydrogen) atoms. The molecule has 0 amide bonds. The number of ether oxygens (including phenoxy) is 3. The minimum atomic E-state index is -0.468. The fourth-order valence-corrected chi connectivity index (χ4v) is 2.68. The smallest absolute Gasteiger partial charge is 0.347 e. The number of benzene rings is 2. The molecule has 5 nitrogen and oxygen atoms in total. The van der Waals surface area contributed by atoms with E-state index in [0.717, 1.165) is 5.56 Å². The third kappa shape index (κ3) is 2.69. The first kappa shape index (κ1) is 15.9. The maximum atomic E-state index is 12.5. The SMILES string of the molecule is COc1cc(OC)c2c(=O)oc(-c3ccc(C)cc3OC)cc2c1. The maximum Gasteiger partial charge on any atom is 0.347 e. The van der Waals surface area contributed by atoms with Gasteiger partial charge in [-0.05, 0) is 36.8 Å². The Morgan fingerprint density at radius 1 is 0.875 bits per heavy atom. The Morgan fingerprint density at radius 3 is 2.29 bits per heavy atom. The quantitative estimate of drug-likeness (QED) is 0.730. The van der Waals surface area contributed by atoms with Gasteiger partial charge >= 0.3 is 5.63 Å². The molecule has 3 aromatic rings. The molecule has 2 aromatic carbocycles. The molecule has 0 saturated carbocycles. The summed E-state index contributed by atoms with van der Waals surface area (Å²) in [6, 6.07) is 10.9. The first-order valence-electron chi connectivity index (χ1n) is 7.42. The molecule has 0 saturated heterocycles. The predicted octanol–water partition coefficient (Wildman–Crippen LogP) is 3.79. The summed E-state index contributed by atoms with van der Waals surface area (Å²) in [5.74, 6) is 2.10. The van der Waals surface area contributed by atoms with Gasteiger partial charge in [0.1, 0.15) is 28.4 Å². The fraction of sp³-hybridized carbons (Fsp3) is 0.211. The summed E-state index contributed by atoms with van der Waals surface area (Å²) in [7, 11) is 4.66. The zero-order chi connectivity index (χ0) is 17.3. The number of hydrogen-bond donors (Lipinski definition) is 0. The molecule has 0 N–H and O–H groups in total. The lowest BCUT2D eigenvalue weighted by Gasteiger charge is -2.11. The molecule has 5 heteroatoms. The van der Waals surface area contributed by atoms with Gasteiger partial charge in [0, 0.05) is 11.5 Å². The largest absolute Gasteiger partial charge is 0.497 e. The number of hydrogen-bond acceptors (Lipinski definition) is 5. The highest BCUT2D eigenvalue weighted by Crippen LogP contribution is 2.35. The molecule has 0 bridgehead atoms. The zero-order valence-corrected chi connectivity index (χ0v) is 14.0. The van der Waals surface area contributed by atoms with Crippen LogP contribution in [0.3, 0.4) is 0 Å². The van der Waals surface area contributed by atoms with Crippen LogP contribution in [0.15, 0.2) is 45.6 Å². The molecule has 0 fully saturated rings. The second kappa shape index (κ2) is 6.28. The van der Waals surface area contributed by atoms with Crippen molar-refractivity contribution >= 4 is 10.8 Å². The Bertz CT molecular complexity index is 956. The van der Waals surface area contributed by atoms with Crippen molar-refractivity contribution in [2.45, 2.75) is 6.92 Å². The first-order valence-corrected chi connectivity index (χ1v) is 7.42. The summed E-state index contributed by atoms with van der Waals surface area (Å²) in [5.41, 5.74) is 1.30. The van der Waals surface area contributed by atoms with E-state index in [9.17, 15) is 4.79 Å². The van der Waals surface area contributed by atoms with E-state index in [1.807, 2.05) is 25.1 Å². The summed E-state index contributed by atoms with van der Waals surface area (Å²) < 4.78 is 21.5. The van der Waals surface area contributed by atoms with Gasteiger partial charge < -0.3 is 18.6 Å². The van der Waals surface area contributed by atoms with Gasteiger partial charge in [-0.2, -0.15) is 0 Å². The number of aryl methyl sites for hydroxylation is 1. The normalized spacial score (nSPS) is 10.7. The maximum absolute atomic E-state index is 12.5. The van der Waals surface area contributed by atoms with Crippen molar-refractivity contribution in [2.75, 3.05) is 21.3 Å². The highest BCUT2D eigenvalue weighted by molar-refractivity contribution is 5.91. The predicted molar refractivity (Wildman–Crippen MR) is 92.3 cm³/mol. The lowest BCUT2D eigenvalue weighted by molar-refractivity contribution is 0.396. The van der Waals surface area contributed by atoms with Gasteiger partial charge in [0.2, 0.25) is 0 Å². The molecule has 0 radical (unpaired) electrons. The molecule has 3 rings (SSSR count). The molecule has 0 atom stereocenters. The van der Waals surface area contributed by atoms with E-state index in [0.29, 0.717) is 39.3 Å². The van der Waals surface area contributed by atoms with Crippen LogP contribution in [0.2, 0.25) is 0 Å². The van der Waals surface area contributed by atoms with Gasteiger partial charge in [-0.25, -0.2) is 4.79 Å². The Balaban J connectivity index is 2.30. The Kier molecular flexibility index (Phi) is 4.16. The van der Waals surface area contributed by atoms with E-state index in [-0.39, 0.29) is 0 Å². The number of rotatable bonds is 4. The van der Waals surface area contributed by atoms with Crippen LogP contribution in [0.1, 0.15) is 5.56 Å². The number of methoxy groups -OCH3 is 3. The summed E-state index contributed by atoms with van der Waals surface area (Å²) in [4.78, 5) is 12.5. The van der Waals surface area contributed by atoms with Gasteiger partial charge in [0.15, 0.2) is 0 Å². The molecular formula is C19H18O5. The average Bonchev–Trinajstić information content (AvgIpc) is 2.60. The monoisotopic (exact) mass is 326 g/mol. The van der Waals surface area contributed by atoms with Gasteiger partial charge in [-0.3, -0.25) is 0 Å². The summed E-state index contributed by atoms with van der Waals surface area (Å²) in [5, 5.41) is 1.06. The summed E-state index contributed by atoms with van der Waals surface area (Å²) in [6.07, 6.45) is 0. The van der Waals surface area contributed by atoms with Crippen LogP contribution in [0.5, 0.6) is 17.2 Å². The second-order valence-corrected chi connectivity index (χ2v) is 5.40. The van der Waals surface area contributed by atoms with Gasteiger partial charge in [0.25, 0.3) is 0 Å². The average molecular weight is 326 g/mol. The van der Waals surface area contributed by atoms with Crippen LogP contribution in [0.4, 0.5) is 0 Å². The molecule has 1 heterocycles. The Hall–Kier alpha value is -2.95. The van der Waals surface area contributed by atoms with E-state index in [4.69, 9.17) is 18.6 Å². The van der Waals surface area contributed by atoms with Crippen LogP contribution in [-0.2, 0) is 0 Å². The van der Waals surface area contributed by atoms with Gasteiger partial charge in [0.05, 0.1) is 26.9 Å². The third-order valence-electron chi connectivity index (χ3n) is 3.88. The van der Waals surface area contributed by atoms with Crippen molar-refractivity contribution in [3.05, 3.63) is 52.4 Å². The summed E-state index contributed by atoms with van der Waals surface area (Å²) in [6.45, 7) is 1.97. The first-order chi connectivity index (χ1) is 11.6. The minimum absolute atomic E-state index is 0.383. The van der Waals surface area contributed by atoms with Crippen molar-refractivity contribution in [3.63, 3.8) is 0 Å². The molecule has 0 aliphatic rings. The van der Waals surface area contributed by atoms with Gasteiger partial charge in [-0.1, -0.05) is 6.07 Å². The standard InChI is InChI=1S/C19H18O5/c1-11-5-6-14(15(7-11)22-3)16-9-12-8-13(21-2)10-17(23-4)18(12)19(20)24-16/h5-10H,1-4H3. The highest BCUT2D eigenvalue weighted by Gasteiger charge is 2.15. The fourth-order valence-electron chi connectivity index (χ4n) is 2.68. The van der Waals surface area contributed by atoms with Crippen molar-refractivity contribution < 1.29 is 18.6 Å². The molecule has 0 aliphatic carbocycles. The van der Waals surface area contributed by atoms with Crippen molar-refractivity contribution in [1.82, 2.24) is 0 Å². The zero-order valence-electron chi connectivity index (χ0n) is 14.0. The third-order valence-corrected chi connectivity index (χ3v) is 3.88. The minimum Gasteiger partial charge on any atom is -0.497 e. The molecular weight excluding hydrogens is 308 g/mol. The molecule has 124 valence electrons. The van der Waals surface area contributed by atoms with E-state index in [1.54, 1.807) is 32.4 Å². The highest BCUT2D eigenvalue weighted by atomic mass is 16.5. The van der Waals surface area contributed by atoms with Crippen molar-refractivity contribution in [3.8, 4) is 28.6 Å². The molecule has 0 aliphatic heterocycles. The van der Waals surface area contributed by atoms with Crippen LogP contribution in [-0.4, -0.2) is 21.3 Å². The van der Waals surface area contributed by atoms with Crippen LogP contribution in [0, 0.1) is 6.92 Å². The molecule has 1 aromatic heterocycles. The van der Waals surface area contributed by atoms with Crippen molar-refractivity contribution in [1.29, 1.82) is 0 Å². The lowest BCUT2D eigenvalue weighted by atomic mass is 10.1. The number of fused-ring (bicyclic) bond motifs is 1. The lowest BCUT2D eigenvalue weighted by Crippen LogP contribution is -2.03. The molecule has 0 spiro atoms.